The van der Waals surface area contributed by atoms with Gasteiger partial charge in [-0.3, -0.25) is 4.98 Å². The summed E-state index contributed by atoms with van der Waals surface area (Å²) in [7, 11) is 1.37. The monoisotopic (exact) mass is 442 g/mol. The predicted octanol–water partition coefficient (Wildman–Crippen LogP) is 2.29. The normalized spacial score (nSPS) is 19.2. The molecule has 2 bridgehead atoms. The number of ether oxygens (including phenoxy) is 1. The van der Waals surface area contributed by atoms with Crippen LogP contribution >= 0.6 is 0 Å². The molecule has 0 aliphatic carbocycles. The number of esters is 1. The summed E-state index contributed by atoms with van der Waals surface area (Å²) in [6.07, 6.45) is 7.81. The number of carbonyl (C=O) groups excluding carboxylic acids is 1. The van der Waals surface area contributed by atoms with Gasteiger partial charge in [-0.2, -0.15) is 0 Å². The standard InChI is InChI=1S/C23H22N8O2/c1-33-23(32)14-2-3-18-19(8-14)31(29-22(18)28-20-12-24-6-7-25-20)16-4-5-26-21(10-16)30-13-15-9-17(30)11-27-15/h2-8,10,12,15,17,27H,9,11,13H2,1H3,(H,25,28,29)/t15-,17-/m0/s1. The predicted molar refractivity (Wildman–Crippen MR) is 123 cm³/mol. The Kier molecular flexibility index (Phi) is 4.65. The third kappa shape index (κ3) is 3.44. The third-order valence-electron chi connectivity index (χ3n) is 6.24. The number of rotatable bonds is 5. The van der Waals surface area contributed by atoms with Crippen molar-refractivity contribution >= 4 is 34.3 Å². The minimum absolute atomic E-state index is 0.399. The van der Waals surface area contributed by atoms with E-state index in [-0.39, 0.29) is 0 Å². The van der Waals surface area contributed by atoms with Gasteiger partial charge >= 0.3 is 5.97 Å². The molecule has 0 unspecified atom stereocenters. The fraction of sp³-hybridized carbons (Fsp3) is 0.261. The van der Waals surface area contributed by atoms with Crippen molar-refractivity contribution in [3.63, 3.8) is 0 Å². The molecule has 10 nitrogen and oxygen atoms in total. The van der Waals surface area contributed by atoms with Crippen LogP contribution < -0.4 is 15.5 Å². The van der Waals surface area contributed by atoms with Crippen LogP contribution in [0.5, 0.6) is 0 Å². The largest absolute Gasteiger partial charge is 0.465 e. The van der Waals surface area contributed by atoms with Crippen molar-refractivity contribution in [3.05, 3.63) is 60.7 Å². The second kappa shape index (κ2) is 7.82. The number of piperazine rings is 1. The zero-order valence-electron chi connectivity index (χ0n) is 18.0. The molecule has 6 rings (SSSR count). The van der Waals surface area contributed by atoms with E-state index in [1.54, 1.807) is 36.9 Å². The van der Waals surface area contributed by atoms with E-state index in [1.807, 2.05) is 22.9 Å². The molecule has 4 aromatic rings. The smallest absolute Gasteiger partial charge is 0.337 e. The minimum atomic E-state index is -0.399. The maximum absolute atomic E-state index is 12.2. The number of nitrogens with one attached hydrogen (secondary N) is 2. The van der Waals surface area contributed by atoms with Gasteiger partial charge in [-0.25, -0.2) is 19.4 Å². The summed E-state index contributed by atoms with van der Waals surface area (Å²) < 4.78 is 6.74. The Morgan fingerprint density at radius 2 is 2.12 bits per heavy atom. The molecular weight excluding hydrogens is 420 g/mol. The number of anilines is 3. The van der Waals surface area contributed by atoms with Crippen LogP contribution in [0.2, 0.25) is 0 Å². The molecule has 2 atom stereocenters. The van der Waals surface area contributed by atoms with Crippen LogP contribution in [-0.4, -0.2) is 63.0 Å². The molecule has 166 valence electrons. The molecule has 5 heterocycles. The SMILES string of the molecule is COC(=O)c1ccc2c(Nc3cnccn3)nn(-c3ccnc(N4C[C@@H]5C[C@H]4CN5)c3)c2c1. The van der Waals surface area contributed by atoms with Gasteiger partial charge in [0.05, 0.1) is 30.1 Å². The van der Waals surface area contributed by atoms with Crippen LogP contribution in [-0.2, 0) is 4.74 Å². The molecule has 10 heteroatoms. The molecule has 33 heavy (non-hydrogen) atoms. The zero-order valence-corrected chi connectivity index (χ0v) is 18.0. The molecule has 0 radical (unpaired) electrons. The average molecular weight is 442 g/mol. The number of nitrogens with zero attached hydrogens (tertiary/aromatic N) is 6. The van der Waals surface area contributed by atoms with E-state index in [0.717, 1.165) is 41.9 Å². The number of benzene rings is 1. The fourth-order valence-electron chi connectivity index (χ4n) is 4.67. The molecule has 2 aliphatic heterocycles. The molecule has 3 aromatic heterocycles. The Labute approximate surface area is 189 Å². The number of hydrogen-bond acceptors (Lipinski definition) is 9. The lowest BCUT2D eigenvalue weighted by atomic mass is 10.1. The van der Waals surface area contributed by atoms with Crippen LogP contribution in [0.1, 0.15) is 16.8 Å². The molecule has 2 N–H and O–H groups in total. The van der Waals surface area contributed by atoms with Gasteiger partial charge in [-0.05, 0) is 30.7 Å². The van der Waals surface area contributed by atoms with Crippen molar-refractivity contribution < 1.29 is 9.53 Å². The molecule has 1 aromatic carbocycles. The second-order valence-electron chi connectivity index (χ2n) is 8.22. The average Bonchev–Trinajstić information content (AvgIpc) is 3.59. The lowest BCUT2D eigenvalue weighted by Gasteiger charge is -2.28. The van der Waals surface area contributed by atoms with Crippen LogP contribution in [0.4, 0.5) is 17.5 Å². The summed E-state index contributed by atoms with van der Waals surface area (Å²) in [5.74, 6) is 1.73. The highest BCUT2D eigenvalue weighted by atomic mass is 16.5. The Bertz CT molecular complexity index is 1340. The number of methoxy groups -OCH3 is 1. The maximum atomic E-state index is 12.2. The van der Waals surface area contributed by atoms with Crippen molar-refractivity contribution in [2.75, 3.05) is 30.4 Å². The summed E-state index contributed by atoms with van der Waals surface area (Å²) >= 11 is 0. The van der Waals surface area contributed by atoms with Crippen molar-refractivity contribution in [2.45, 2.75) is 18.5 Å². The van der Waals surface area contributed by atoms with Gasteiger partial charge in [-0.1, -0.05) is 0 Å². The minimum Gasteiger partial charge on any atom is -0.465 e. The van der Waals surface area contributed by atoms with Crippen LogP contribution in [0.25, 0.3) is 16.6 Å². The number of fused-ring (bicyclic) bond motifs is 3. The first-order valence-electron chi connectivity index (χ1n) is 10.8. The van der Waals surface area contributed by atoms with Crippen molar-refractivity contribution in [2.24, 2.45) is 0 Å². The first-order valence-corrected chi connectivity index (χ1v) is 10.8. The van der Waals surface area contributed by atoms with Gasteiger partial charge in [0.1, 0.15) is 11.6 Å². The topological polar surface area (TPSA) is 110 Å². The molecule has 2 fully saturated rings. The zero-order chi connectivity index (χ0) is 22.4. The third-order valence-corrected chi connectivity index (χ3v) is 6.24. The number of aromatic nitrogens is 5. The van der Waals surface area contributed by atoms with E-state index in [2.05, 4.69) is 30.5 Å². The summed E-state index contributed by atoms with van der Waals surface area (Å²) in [6.45, 7) is 1.93. The summed E-state index contributed by atoms with van der Waals surface area (Å²) in [5.41, 5.74) is 2.08. The lowest BCUT2D eigenvalue weighted by Crippen LogP contribution is -2.44. The van der Waals surface area contributed by atoms with Gasteiger partial charge in [-0.15, -0.1) is 5.10 Å². The highest BCUT2D eigenvalue weighted by Crippen LogP contribution is 2.32. The summed E-state index contributed by atoms with van der Waals surface area (Å²) in [6, 6.07) is 10.3. The molecule has 0 spiro atoms. The fourth-order valence-corrected chi connectivity index (χ4v) is 4.67. The summed E-state index contributed by atoms with van der Waals surface area (Å²) in [4.78, 5) is 27.6. The van der Waals surface area contributed by atoms with E-state index in [9.17, 15) is 4.79 Å². The quantitative estimate of drug-likeness (QED) is 0.450. The van der Waals surface area contributed by atoms with E-state index in [1.165, 1.54) is 7.11 Å². The van der Waals surface area contributed by atoms with Gasteiger partial charge in [0.25, 0.3) is 0 Å². The molecule has 0 amide bonds. The maximum Gasteiger partial charge on any atom is 0.337 e. The number of pyridine rings is 1. The van der Waals surface area contributed by atoms with E-state index >= 15 is 0 Å². The van der Waals surface area contributed by atoms with Gasteiger partial charge < -0.3 is 20.3 Å². The number of hydrogen-bond donors (Lipinski definition) is 2. The van der Waals surface area contributed by atoms with Crippen LogP contribution in [0.15, 0.2) is 55.1 Å². The molecule has 2 aliphatic rings. The van der Waals surface area contributed by atoms with E-state index in [4.69, 9.17) is 9.84 Å². The first-order chi connectivity index (χ1) is 16.2. The Balaban J connectivity index is 1.45. The summed E-state index contributed by atoms with van der Waals surface area (Å²) in [5, 5.41) is 12.4. The van der Waals surface area contributed by atoms with Crippen LogP contribution in [0.3, 0.4) is 0 Å². The highest BCUT2D eigenvalue weighted by molar-refractivity contribution is 5.99. The molecule has 0 saturated carbocycles. The van der Waals surface area contributed by atoms with E-state index < -0.39 is 5.97 Å². The van der Waals surface area contributed by atoms with Crippen molar-refractivity contribution in [1.82, 2.24) is 30.0 Å². The van der Waals surface area contributed by atoms with E-state index in [0.29, 0.717) is 29.3 Å². The van der Waals surface area contributed by atoms with Crippen molar-refractivity contribution in [1.29, 1.82) is 0 Å². The van der Waals surface area contributed by atoms with Gasteiger partial charge in [0, 0.05) is 55.2 Å². The van der Waals surface area contributed by atoms with Gasteiger partial charge in [0.15, 0.2) is 5.82 Å². The first kappa shape index (κ1) is 19.6. The molecular formula is C23H22N8O2. The Morgan fingerprint density at radius 1 is 1.18 bits per heavy atom. The van der Waals surface area contributed by atoms with Crippen LogP contribution in [0, 0.1) is 0 Å². The molecule has 2 saturated heterocycles. The Hall–Kier alpha value is -4.05. The highest BCUT2D eigenvalue weighted by Gasteiger charge is 2.38. The second-order valence-corrected chi connectivity index (χ2v) is 8.22. The van der Waals surface area contributed by atoms with Gasteiger partial charge in [0.2, 0.25) is 0 Å². The van der Waals surface area contributed by atoms with Crippen molar-refractivity contribution in [3.8, 4) is 5.69 Å². The lowest BCUT2D eigenvalue weighted by molar-refractivity contribution is 0.0601. The number of carbonyl (C=O) groups is 1. The Morgan fingerprint density at radius 3 is 2.88 bits per heavy atom.